The second-order valence-electron chi connectivity index (χ2n) is 7.47. The first-order valence-electron chi connectivity index (χ1n) is 9.68. The lowest BCUT2D eigenvalue weighted by Gasteiger charge is -2.24. The van der Waals surface area contributed by atoms with Crippen molar-refractivity contribution in [2.75, 3.05) is 44.7 Å². The number of nitrogens with one attached hydrogen (secondary N) is 2. The number of hydrogen-bond acceptors (Lipinski definition) is 3. The molecule has 0 aromatic heterocycles. The SMILES string of the molecule is CCNC(=NCCC(=O)Nc1cc(Br)ccc1C)N1CCC2(CCOC2)C1.I. The van der Waals surface area contributed by atoms with E-state index >= 15 is 0 Å². The molecule has 0 bridgehead atoms. The van der Waals surface area contributed by atoms with Gasteiger partial charge in [0.2, 0.25) is 5.91 Å². The third-order valence-corrected chi connectivity index (χ3v) is 5.83. The van der Waals surface area contributed by atoms with Crippen LogP contribution in [0.15, 0.2) is 27.7 Å². The number of guanidine groups is 1. The Kier molecular flexibility index (Phi) is 9.01. The van der Waals surface area contributed by atoms with Crippen LogP contribution in [-0.4, -0.2) is 56.2 Å². The summed E-state index contributed by atoms with van der Waals surface area (Å²) in [5, 5.41) is 6.35. The fourth-order valence-electron chi connectivity index (χ4n) is 3.72. The van der Waals surface area contributed by atoms with E-state index in [1.165, 1.54) is 0 Å². The summed E-state index contributed by atoms with van der Waals surface area (Å²) in [6.07, 6.45) is 2.65. The van der Waals surface area contributed by atoms with Crippen molar-refractivity contribution in [2.45, 2.75) is 33.1 Å². The lowest BCUT2D eigenvalue weighted by molar-refractivity contribution is -0.116. The van der Waals surface area contributed by atoms with Crippen molar-refractivity contribution < 1.29 is 9.53 Å². The van der Waals surface area contributed by atoms with Gasteiger partial charge >= 0.3 is 0 Å². The molecule has 2 fully saturated rings. The summed E-state index contributed by atoms with van der Waals surface area (Å²) in [6, 6.07) is 5.88. The molecule has 2 heterocycles. The molecule has 0 saturated carbocycles. The molecule has 6 nitrogen and oxygen atoms in total. The van der Waals surface area contributed by atoms with Crippen LogP contribution in [0.4, 0.5) is 5.69 Å². The van der Waals surface area contributed by atoms with Crippen LogP contribution in [0.2, 0.25) is 0 Å². The molecule has 1 unspecified atom stereocenters. The van der Waals surface area contributed by atoms with E-state index in [9.17, 15) is 4.79 Å². The van der Waals surface area contributed by atoms with Gasteiger partial charge in [-0.25, -0.2) is 0 Å². The molecule has 2 saturated heterocycles. The Morgan fingerprint density at radius 2 is 2.21 bits per heavy atom. The summed E-state index contributed by atoms with van der Waals surface area (Å²) in [4.78, 5) is 19.3. The van der Waals surface area contributed by atoms with Crippen LogP contribution in [0.25, 0.3) is 0 Å². The number of ether oxygens (including phenoxy) is 1. The van der Waals surface area contributed by atoms with Crippen molar-refractivity contribution in [3.63, 3.8) is 0 Å². The molecular weight excluding hydrogens is 535 g/mol. The van der Waals surface area contributed by atoms with E-state index in [1.807, 2.05) is 25.1 Å². The molecule has 2 aliphatic rings. The Balaban J connectivity index is 0.00000280. The van der Waals surface area contributed by atoms with Crippen molar-refractivity contribution in [1.82, 2.24) is 10.2 Å². The smallest absolute Gasteiger partial charge is 0.226 e. The molecule has 28 heavy (non-hydrogen) atoms. The molecule has 0 aliphatic carbocycles. The number of aliphatic imine (C=N–C) groups is 1. The van der Waals surface area contributed by atoms with Gasteiger partial charge in [-0.1, -0.05) is 22.0 Å². The first kappa shape index (κ1) is 23.4. The van der Waals surface area contributed by atoms with E-state index in [-0.39, 0.29) is 29.9 Å². The molecule has 1 amide bonds. The Labute approximate surface area is 193 Å². The number of carbonyl (C=O) groups is 1. The number of aryl methyl sites for hydroxylation is 1. The number of anilines is 1. The molecule has 3 rings (SSSR count). The van der Waals surface area contributed by atoms with Crippen LogP contribution in [-0.2, 0) is 9.53 Å². The second kappa shape index (κ2) is 10.8. The monoisotopic (exact) mass is 564 g/mol. The molecule has 1 aromatic rings. The molecule has 2 aliphatic heterocycles. The number of rotatable bonds is 5. The average molecular weight is 565 g/mol. The van der Waals surface area contributed by atoms with Crippen molar-refractivity contribution in [1.29, 1.82) is 0 Å². The van der Waals surface area contributed by atoms with Crippen molar-refractivity contribution >= 4 is 57.5 Å². The molecular formula is C20H30BrIN4O2. The molecule has 156 valence electrons. The standard InChI is InChI=1S/C20H29BrN4O2.HI/c1-3-22-19(25-10-7-20(13-25)8-11-27-14-20)23-9-6-18(26)24-17-12-16(21)5-4-15(17)2;/h4-5,12H,3,6-11,13-14H2,1-2H3,(H,22,23)(H,24,26);1H. The molecule has 2 N–H and O–H groups in total. The second-order valence-corrected chi connectivity index (χ2v) is 8.38. The van der Waals surface area contributed by atoms with Gasteiger partial charge < -0.3 is 20.3 Å². The number of likely N-dealkylation sites (tertiary alicyclic amines) is 1. The molecule has 1 spiro atoms. The quantitative estimate of drug-likeness (QED) is 0.324. The van der Waals surface area contributed by atoms with E-state index in [1.54, 1.807) is 0 Å². The minimum Gasteiger partial charge on any atom is -0.381 e. The van der Waals surface area contributed by atoms with Crippen LogP contribution >= 0.6 is 39.9 Å². The zero-order valence-electron chi connectivity index (χ0n) is 16.6. The first-order valence-corrected chi connectivity index (χ1v) is 10.5. The van der Waals surface area contributed by atoms with Crippen LogP contribution in [0.5, 0.6) is 0 Å². The molecule has 1 aromatic carbocycles. The minimum absolute atomic E-state index is 0. The maximum absolute atomic E-state index is 12.3. The maximum Gasteiger partial charge on any atom is 0.226 e. The molecule has 0 radical (unpaired) electrons. The van der Waals surface area contributed by atoms with E-state index < -0.39 is 0 Å². The van der Waals surface area contributed by atoms with E-state index in [2.05, 4.69) is 38.4 Å². The highest BCUT2D eigenvalue weighted by Crippen LogP contribution is 2.38. The summed E-state index contributed by atoms with van der Waals surface area (Å²) in [6.45, 7) is 9.07. The van der Waals surface area contributed by atoms with Crippen LogP contribution < -0.4 is 10.6 Å². The summed E-state index contributed by atoms with van der Waals surface area (Å²) in [5.74, 6) is 0.894. The number of halogens is 2. The lowest BCUT2D eigenvalue weighted by atomic mass is 9.87. The van der Waals surface area contributed by atoms with Crippen LogP contribution in [0.1, 0.15) is 31.7 Å². The van der Waals surface area contributed by atoms with Gasteiger partial charge in [0.15, 0.2) is 5.96 Å². The Hall–Kier alpha value is -0.870. The van der Waals surface area contributed by atoms with E-state index in [4.69, 9.17) is 9.73 Å². The van der Waals surface area contributed by atoms with Crippen LogP contribution in [0.3, 0.4) is 0 Å². The largest absolute Gasteiger partial charge is 0.381 e. The van der Waals surface area contributed by atoms with Gasteiger partial charge in [0.25, 0.3) is 0 Å². The Bertz CT molecular complexity index is 707. The molecule has 1 atom stereocenters. The summed E-state index contributed by atoms with van der Waals surface area (Å²) < 4.78 is 6.57. The minimum atomic E-state index is -0.0158. The zero-order valence-corrected chi connectivity index (χ0v) is 20.5. The Morgan fingerprint density at radius 1 is 1.39 bits per heavy atom. The number of carbonyl (C=O) groups excluding carboxylic acids is 1. The molecule has 8 heteroatoms. The van der Waals surface area contributed by atoms with Gasteiger partial charge in [-0.15, -0.1) is 24.0 Å². The first-order chi connectivity index (χ1) is 13.0. The van der Waals surface area contributed by atoms with Gasteiger partial charge in [-0.2, -0.15) is 0 Å². The van der Waals surface area contributed by atoms with Crippen molar-refractivity contribution in [2.24, 2.45) is 10.4 Å². The highest BCUT2D eigenvalue weighted by atomic mass is 127. The number of benzene rings is 1. The van der Waals surface area contributed by atoms with Gasteiger partial charge in [0.05, 0.1) is 13.2 Å². The summed E-state index contributed by atoms with van der Waals surface area (Å²) >= 11 is 3.44. The third-order valence-electron chi connectivity index (χ3n) is 5.33. The fraction of sp³-hybridized carbons (Fsp3) is 0.600. The van der Waals surface area contributed by atoms with Gasteiger partial charge in [0.1, 0.15) is 0 Å². The van der Waals surface area contributed by atoms with E-state index in [0.717, 1.165) is 67.4 Å². The lowest BCUT2D eigenvalue weighted by Crippen LogP contribution is -2.41. The topological polar surface area (TPSA) is 66.0 Å². The predicted molar refractivity (Wildman–Crippen MR) is 128 cm³/mol. The van der Waals surface area contributed by atoms with Crippen LogP contribution in [0, 0.1) is 12.3 Å². The van der Waals surface area contributed by atoms with Crippen molar-refractivity contribution in [3.8, 4) is 0 Å². The highest BCUT2D eigenvalue weighted by Gasteiger charge is 2.42. The van der Waals surface area contributed by atoms with Crippen molar-refractivity contribution in [3.05, 3.63) is 28.2 Å². The maximum atomic E-state index is 12.3. The Morgan fingerprint density at radius 3 is 2.93 bits per heavy atom. The number of nitrogens with zero attached hydrogens (tertiary/aromatic N) is 2. The number of hydrogen-bond donors (Lipinski definition) is 2. The van der Waals surface area contributed by atoms with E-state index in [0.29, 0.717) is 18.4 Å². The summed E-state index contributed by atoms with van der Waals surface area (Å²) in [7, 11) is 0. The van der Waals surface area contributed by atoms with Gasteiger partial charge in [-0.3, -0.25) is 9.79 Å². The van der Waals surface area contributed by atoms with Gasteiger partial charge in [-0.05, 0) is 44.4 Å². The predicted octanol–water partition coefficient (Wildman–Crippen LogP) is 3.78. The summed E-state index contributed by atoms with van der Waals surface area (Å²) in [5.41, 5.74) is 2.18. The van der Waals surface area contributed by atoms with Gasteiger partial charge in [0, 0.05) is 48.2 Å². The third kappa shape index (κ3) is 6.06. The fourth-order valence-corrected chi connectivity index (χ4v) is 4.08. The highest BCUT2D eigenvalue weighted by molar-refractivity contribution is 14.0. The normalized spacial score (nSPS) is 21.7. The average Bonchev–Trinajstić information content (AvgIpc) is 3.27. The zero-order chi connectivity index (χ0) is 19.3. The number of amides is 1.